The van der Waals surface area contributed by atoms with Crippen LogP contribution in [0.4, 0.5) is 0 Å². The Kier molecular flexibility index (Phi) is 3.05. The molecule has 4 nitrogen and oxygen atoms in total. The molecule has 0 spiro atoms. The summed E-state index contributed by atoms with van der Waals surface area (Å²) in [7, 11) is -3.92. The summed E-state index contributed by atoms with van der Waals surface area (Å²) >= 11 is 0. The minimum atomic E-state index is -3.92. The average Bonchev–Trinajstić information content (AvgIpc) is 2.02. The van der Waals surface area contributed by atoms with Gasteiger partial charge in [0.05, 0.1) is 0 Å². The maximum absolute atomic E-state index is 8.95. The first-order valence-electron chi connectivity index (χ1n) is 3.92. The van der Waals surface area contributed by atoms with Crippen molar-refractivity contribution in [1.82, 2.24) is 0 Å². The quantitative estimate of drug-likeness (QED) is 0.512. The van der Waals surface area contributed by atoms with Crippen LogP contribution in [0, 0.1) is 0 Å². The maximum atomic E-state index is 8.95. The van der Waals surface area contributed by atoms with Crippen molar-refractivity contribution in [3.8, 4) is 5.75 Å². The van der Waals surface area contributed by atoms with Crippen LogP contribution in [-0.4, -0.2) is 28.3 Å². The average molecular weight is 200 g/mol. The van der Waals surface area contributed by atoms with Crippen LogP contribution in [-0.2, 0) is 6.42 Å². The lowest BCUT2D eigenvalue weighted by atomic mass is 10.2. The SMILES string of the molecule is Oc1ccc(CC[Si](O)(O)O)cc1. The van der Waals surface area contributed by atoms with Crippen LogP contribution in [0.2, 0.25) is 6.04 Å². The number of aromatic hydroxyl groups is 1. The van der Waals surface area contributed by atoms with Crippen molar-refractivity contribution in [2.24, 2.45) is 0 Å². The molecule has 0 unspecified atom stereocenters. The molecule has 1 aromatic carbocycles. The molecule has 72 valence electrons. The van der Waals surface area contributed by atoms with Gasteiger partial charge in [-0.2, -0.15) is 0 Å². The largest absolute Gasteiger partial charge is 0.508 e. The summed E-state index contributed by atoms with van der Waals surface area (Å²) in [6.45, 7) is 0. The van der Waals surface area contributed by atoms with Crippen LogP contribution in [0.3, 0.4) is 0 Å². The van der Waals surface area contributed by atoms with Gasteiger partial charge in [-0.1, -0.05) is 12.1 Å². The molecule has 0 heterocycles. The van der Waals surface area contributed by atoms with E-state index in [1.807, 2.05) is 0 Å². The molecule has 1 aromatic rings. The first kappa shape index (κ1) is 10.2. The summed E-state index contributed by atoms with van der Waals surface area (Å²) in [6.07, 6.45) is 0.399. The minimum Gasteiger partial charge on any atom is -0.508 e. The highest BCUT2D eigenvalue weighted by atomic mass is 28.4. The third-order valence-electron chi connectivity index (χ3n) is 1.69. The van der Waals surface area contributed by atoms with Crippen molar-refractivity contribution >= 4 is 8.80 Å². The molecular formula is C8H12O4Si. The molecule has 0 atom stereocenters. The molecule has 5 heteroatoms. The predicted octanol–water partition coefficient (Wildman–Crippen LogP) is -0.150. The molecule has 13 heavy (non-hydrogen) atoms. The second kappa shape index (κ2) is 3.88. The maximum Gasteiger partial charge on any atom is 0.493 e. The fourth-order valence-corrected chi connectivity index (χ4v) is 1.60. The second-order valence-corrected chi connectivity index (χ2v) is 4.99. The molecule has 0 saturated carbocycles. The van der Waals surface area contributed by atoms with E-state index in [1.165, 1.54) is 12.1 Å². The molecule has 0 aliphatic rings. The summed E-state index contributed by atoms with van der Waals surface area (Å²) in [5, 5.41) is 8.95. The predicted molar refractivity (Wildman–Crippen MR) is 49.0 cm³/mol. The number of hydrogen-bond donors (Lipinski definition) is 4. The molecule has 4 N–H and O–H groups in total. The molecular weight excluding hydrogens is 188 g/mol. The van der Waals surface area contributed by atoms with E-state index in [2.05, 4.69) is 0 Å². The number of aryl methyl sites for hydroxylation is 1. The van der Waals surface area contributed by atoms with E-state index in [0.717, 1.165) is 5.56 Å². The summed E-state index contributed by atoms with van der Waals surface area (Å²) in [5.41, 5.74) is 0.854. The summed E-state index contributed by atoms with van der Waals surface area (Å²) in [4.78, 5) is 26.2. The molecule has 0 bridgehead atoms. The topological polar surface area (TPSA) is 80.9 Å². The Morgan fingerprint density at radius 1 is 1.00 bits per heavy atom. The smallest absolute Gasteiger partial charge is 0.493 e. The van der Waals surface area contributed by atoms with Gasteiger partial charge in [-0.05, 0) is 24.1 Å². The van der Waals surface area contributed by atoms with Gasteiger partial charge in [-0.3, -0.25) is 0 Å². The van der Waals surface area contributed by atoms with Crippen molar-refractivity contribution in [3.05, 3.63) is 29.8 Å². The normalized spacial score (nSPS) is 11.6. The summed E-state index contributed by atoms with van der Waals surface area (Å²) in [6, 6.07) is 6.37. The van der Waals surface area contributed by atoms with E-state index in [-0.39, 0.29) is 11.8 Å². The van der Waals surface area contributed by atoms with Crippen LogP contribution in [0.1, 0.15) is 5.56 Å². The van der Waals surface area contributed by atoms with Crippen molar-refractivity contribution in [1.29, 1.82) is 0 Å². The van der Waals surface area contributed by atoms with Gasteiger partial charge in [-0.25, -0.2) is 0 Å². The van der Waals surface area contributed by atoms with E-state index in [0.29, 0.717) is 6.42 Å². The number of hydrogen-bond acceptors (Lipinski definition) is 4. The van der Waals surface area contributed by atoms with Gasteiger partial charge in [0.15, 0.2) is 0 Å². The summed E-state index contributed by atoms with van der Waals surface area (Å²) < 4.78 is 0. The lowest BCUT2D eigenvalue weighted by Gasteiger charge is -2.08. The lowest BCUT2D eigenvalue weighted by molar-refractivity contribution is 0.228. The minimum absolute atomic E-state index is 0.0161. The Bertz CT molecular complexity index is 264. The fraction of sp³-hybridized carbons (Fsp3) is 0.250. The van der Waals surface area contributed by atoms with Crippen molar-refractivity contribution in [2.75, 3.05) is 0 Å². The molecule has 0 amide bonds. The van der Waals surface area contributed by atoms with Gasteiger partial charge in [-0.15, -0.1) is 0 Å². The Hall–Kier alpha value is -0.883. The monoisotopic (exact) mass is 200 g/mol. The van der Waals surface area contributed by atoms with Crippen LogP contribution in [0.15, 0.2) is 24.3 Å². The van der Waals surface area contributed by atoms with E-state index in [4.69, 9.17) is 19.5 Å². The zero-order chi connectivity index (χ0) is 9.90. The third-order valence-corrected chi connectivity index (χ3v) is 2.61. The van der Waals surface area contributed by atoms with Gasteiger partial charge in [0.25, 0.3) is 0 Å². The Balaban J connectivity index is 2.51. The molecule has 0 aliphatic heterocycles. The highest BCUT2D eigenvalue weighted by molar-refractivity contribution is 6.56. The fourth-order valence-electron chi connectivity index (χ4n) is 0.975. The van der Waals surface area contributed by atoms with Gasteiger partial charge in [0.1, 0.15) is 5.75 Å². The van der Waals surface area contributed by atoms with Crippen LogP contribution in [0.5, 0.6) is 5.75 Å². The number of phenolic OH excluding ortho intramolecular Hbond substituents is 1. The zero-order valence-electron chi connectivity index (χ0n) is 7.01. The van der Waals surface area contributed by atoms with E-state index in [1.54, 1.807) is 12.1 Å². The van der Waals surface area contributed by atoms with Gasteiger partial charge in [0, 0.05) is 6.04 Å². The second-order valence-electron chi connectivity index (χ2n) is 2.94. The first-order valence-corrected chi connectivity index (χ1v) is 5.97. The molecule has 0 radical (unpaired) electrons. The molecule has 1 rings (SSSR count). The highest BCUT2D eigenvalue weighted by Crippen LogP contribution is 2.12. The molecule has 0 saturated heterocycles. The van der Waals surface area contributed by atoms with Crippen molar-refractivity contribution < 1.29 is 19.5 Å². The van der Waals surface area contributed by atoms with Crippen LogP contribution < -0.4 is 0 Å². The highest BCUT2D eigenvalue weighted by Gasteiger charge is 2.25. The zero-order valence-corrected chi connectivity index (χ0v) is 8.01. The van der Waals surface area contributed by atoms with Gasteiger partial charge >= 0.3 is 8.80 Å². The first-order chi connectivity index (χ1) is 5.97. The Morgan fingerprint density at radius 3 is 2.00 bits per heavy atom. The molecule has 0 aliphatic carbocycles. The number of phenols is 1. The van der Waals surface area contributed by atoms with E-state index < -0.39 is 8.80 Å². The van der Waals surface area contributed by atoms with Crippen LogP contribution in [0.25, 0.3) is 0 Å². The van der Waals surface area contributed by atoms with E-state index >= 15 is 0 Å². The third kappa shape index (κ3) is 4.04. The molecule has 0 aromatic heterocycles. The Morgan fingerprint density at radius 2 is 1.54 bits per heavy atom. The number of benzene rings is 1. The van der Waals surface area contributed by atoms with Gasteiger partial charge < -0.3 is 19.5 Å². The Labute approximate surface area is 77.1 Å². The van der Waals surface area contributed by atoms with Gasteiger partial charge in [0.2, 0.25) is 0 Å². The molecule has 0 fully saturated rings. The number of rotatable bonds is 3. The van der Waals surface area contributed by atoms with Crippen molar-refractivity contribution in [3.63, 3.8) is 0 Å². The standard InChI is InChI=1S/C8H12O4Si/c9-8-3-1-7(2-4-8)5-6-13(10,11)12/h1-4,9-12H,5-6H2. The lowest BCUT2D eigenvalue weighted by Crippen LogP contribution is -2.34. The van der Waals surface area contributed by atoms with Crippen molar-refractivity contribution in [2.45, 2.75) is 12.5 Å². The van der Waals surface area contributed by atoms with E-state index in [9.17, 15) is 0 Å². The van der Waals surface area contributed by atoms with Crippen LogP contribution >= 0.6 is 0 Å². The summed E-state index contributed by atoms with van der Waals surface area (Å²) in [5.74, 6) is 0.171.